The molecule has 26 heavy (non-hydrogen) atoms. The Labute approximate surface area is 154 Å². The molecule has 0 fully saturated rings. The van der Waals surface area contributed by atoms with Crippen molar-refractivity contribution < 1.29 is 14.3 Å². The fourth-order valence-electron chi connectivity index (χ4n) is 3.14. The van der Waals surface area contributed by atoms with E-state index in [-0.39, 0.29) is 6.42 Å². The van der Waals surface area contributed by atoms with Crippen molar-refractivity contribution in [3.8, 4) is 0 Å². The lowest BCUT2D eigenvalue weighted by Gasteiger charge is -2.08. The first kappa shape index (κ1) is 20.0. The molecule has 0 saturated heterocycles. The molecule has 1 aromatic heterocycles. The first-order chi connectivity index (χ1) is 12.6. The van der Waals surface area contributed by atoms with E-state index in [0.717, 1.165) is 18.7 Å². The lowest BCUT2D eigenvalue weighted by Crippen LogP contribution is -2.07. The highest BCUT2D eigenvalue weighted by molar-refractivity contribution is 5.86. The predicted octanol–water partition coefficient (Wildman–Crippen LogP) is 4.97. The maximum Gasteiger partial charge on any atom is 0.336 e. The van der Waals surface area contributed by atoms with Gasteiger partial charge in [-0.05, 0) is 24.1 Å². The highest BCUT2D eigenvalue weighted by Gasteiger charge is 2.09. The Morgan fingerprint density at radius 1 is 1.04 bits per heavy atom. The molecule has 0 spiro atoms. The molecule has 0 saturated carbocycles. The number of rotatable bonds is 12. The quantitative estimate of drug-likeness (QED) is 0.413. The summed E-state index contributed by atoms with van der Waals surface area (Å²) < 4.78 is 5.23. The van der Waals surface area contributed by atoms with Crippen molar-refractivity contribution in [3.05, 3.63) is 40.2 Å². The van der Waals surface area contributed by atoms with E-state index < -0.39 is 11.6 Å². The Hall–Kier alpha value is -2.30. The number of benzene rings is 1. The summed E-state index contributed by atoms with van der Waals surface area (Å²) in [5.41, 5.74) is 1.28. The van der Waals surface area contributed by atoms with Crippen molar-refractivity contribution in [3.63, 3.8) is 0 Å². The van der Waals surface area contributed by atoms with Crippen LogP contribution in [0.1, 0.15) is 63.9 Å². The highest BCUT2D eigenvalue weighted by atomic mass is 16.4. The van der Waals surface area contributed by atoms with Crippen molar-refractivity contribution >= 4 is 22.6 Å². The van der Waals surface area contributed by atoms with Crippen molar-refractivity contribution in [1.29, 1.82) is 0 Å². The number of carbonyl (C=O) groups is 1. The lowest BCUT2D eigenvalue weighted by atomic mass is 10.1. The standard InChI is InChI=1S/C21H29NO4/c1-2-3-4-5-6-7-8-9-12-22-17-10-11-18-16(13-20(23)24)14-21(25)26-19(18)15-17/h10-11,14-15,22H,2-9,12-13H2,1H3,(H,23,24). The predicted molar refractivity (Wildman–Crippen MR) is 105 cm³/mol. The van der Waals surface area contributed by atoms with Crippen LogP contribution in [0, 0.1) is 0 Å². The second kappa shape index (κ2) is 10.6. The van der Waals surface area contributed by atoms with E-state index in [4.69, 9.17) is 9.52 Å². The molecule has 0 aliphatic heterocycles. The molecule has 1 heterocycles. The van der Waals surface area contributed by atoms with Crippen molar-refractivity contribution in [2.45, 2.75) is 64.7 Å². The van der Waals surface area contributed by atoms with Gasteiger partial charge in [0.2, 0.25) is 0 Å². The van der Waals surface area contributed by atoms with Gasteiger partial charge in [0.25, 0.3) is 0 Å². The van der Waals surface area contributed by atoms with Gasteiger partial charge in [0, 0.05) is 29.8 Å². The average molecular weight is 359 g/mol. The van der Waals surface area contributed by atoms with Crippen LogP contribution in [0.3, 0.4) is 0 Å². The van der Waals surface area contributed by atoms with E-state index in [1.807, 2.05) is 12.1 Å². The summed E-state index contributed by atoms with van der Waals surface area (Å²) in [6.07, 6.45) is 10.0. The number of carboxylic acids is 1. The van der Waals surface area contributed by atoms with Gasteiger partial charge in [-0.15, -0.1) is 0 Å². The zero-order valence-corrected chi connectivity index (χ0v) is 15.6. The minimum absolute atomic E-state index is 0.187. The zero-order chi connectivity index (χ0) is 18.8. The van der Waals surface area contributed by atoms with Crippen LogP contribution >= 0.6 is 0 Å². The third-order valence-corrected chi connectivity index (χ3v) is 4.53. The third-order valence-electron chi connectivity index (χ3n) is 4.53. The number of hydrogen-bond acceptors (Lipinski definition) is 4. The molecule has 5 nitrogen and oxygen atoms in total. The number of fused-ring (bicyclic) bond motifs is 1. The van der Waals surface area contributed by atoms with Gasteiger partial charge in [-0.1, -0.05) is 51.9 Å². The number of nitrogens with one attached hydrogen (secondary N) is 1. The van der Waals surface area contributed by atoms with Gasteiger partial charge >= 0.3 is 11.6 Å². The molecule has 0 aliphatic carbocycles. The van der Waals surface area contributed by atoms with Gasteiger partial charge in [0.15, 0.2) is 0 Å². The lowest BCUT2D eigenvalue weighted by molar-refractivity contribution is -0.136. The summed E-state index contributed by atoms with van der Waals surface area (Å²) in [7, 11) is 0. The minimum Gasteiger partial charge on any atom is -0.481 e. The van der Waals surface area contributed by atoms with E-state index >= 15 is 0 Å². The SMILES string of the molecule is CCCCCCCCCCNc1ccc2c(CC(=O)O)cc(=O)oc2c1. The smallest absolute Gasteiger partial charge is 0.336 e. The Balaban J connectivity index is 1.83. The van der Waals surface area contributed by atoms with E-state index in [1.54, 1.807) is 6.07 Å². The Morgan fingerprint density at radius 2 is 1.73 bits per heavy atom. The molecule has 0 bridgehead atoms. The molecule has 0 unspecified atom stereocenters. The maximum absolute atomic E-state index is 11.6. The second-order valence-electron chi connectivity index (χ2n) is 6.77. The summed E-state index contributed by atoms with van der Waals surface area (Å²) in [5.74, 6) is -0.964. The van der Waals surface area contributed by atoms with Crippen molar-refractivity contribution in [1.82, 2.24) is 0 Å². The summed E-state index contributed by atoms with van der Waals surface area (Å²) in [4.78, 5) is 22.6. The second-order valence-corrected chi connectivity index (χ2v) is 6.77. The van der Waals surface area contributed by atoms with Gasteiger partial charge in [0.05, 0.1) is 6.42 Å². The molecule has 5 heteroatoms. The molecule has 1 aromatic carbocycles. The van der Waals surface area contributed by atoms with Gasteiger partial charge in [-0.3, -0.25) is 4.79 Å². The van der Waals surface area contributed by atoms with Gasteiger partial charge in [-0.2, -0.15) is 0 Å². The van der Waals surface area contributed by atoms with Crippen LogP contribution < -0.4 is 10.9 Å². The Morgan fingerprint density at radius 3 is 2.42 bits per heavy atom. The molecule has 0 radical (unpaired) electrons. The maximum atomic E-state index is 11.6. The number of carboxylic acid groups (broad SMARTS) is 1. The summed E-state index contributed by atoms with van der Waals surface area (Å²) in [6.45, 7) is 3.11. The fraction of sp³-hybridized carbons (Fsp3) is 0.524. The van der Waals surface area contributed by atoms with Crippen LogP contribution in [0.5, 0.6) is 0 Å². The highest BCUT2D eigenvalue weighted by Crippen LogP contribution is 2.22. The molecule has 2 aromatic rings. The van der Waals surface area contributed by atoms with Crippen LogP contribution in [-0.4, -0.2) is 17.6 Å². The molecule has 0 amide bonds. The Bertz CT molecular complexity index is 766. The molecule has 142 valence electrons. The van der Waals surface area contributed by atoms with Crippen LogP contribution in [0.25, 0.3) is 11.0 Å². The Kier molecular flexibility index (Phi) is 8.19. The van der Waals surface area contributed by atoms with Crippen LogP contribution in [0.15, 0.2) is 33.5 Å². The van der Waals surface area contributed by atoms with E-state index in [0.29, 0.717) is 16.5 Å². The molecular weight excluding hydrogens is 330 g/mol. The first-order valence-corrected chi connectivity index (χ1v) is 9.62. The number of hydrogen-bond donors (Lipinski definition) is 2. The van der Waals surface area contributed by atoms with Gasteiger partial charge in [0.1, 0.15) is 5.58 Å². The van der Waals surface area contributed by atoms with Crippen LogP contribution in [0.2, 0.25) is 0 Å². The largest absolute Gasteiger partial charge is 0.481 e. The normalized spacial score (nSPS) is 11.0. The fourth-order valence-corrected chi connectivity index (χ4v) is 3.14. The summed E-state index contributed by atoms with van der Waals surface area (Å²) in [5, 5.41) is 13.0. The monoisotopic (exact) mass is 359 g/mol. The summed E-state index contributed by atoms with van der Waals surface area (Å²) >= 11 is 0. The van der Waals surface area contributed by atoms with Crippen LogP contribution in [0.4, 0.5) is 5.69 Å². The van der Waals surface area contributed by atoms with E-state index in [1.165, 1.54) is 51.0 Å². The molecule has 0 atom stereocenters. The van der Waals surface area contributed by atoms with Crippen molar-refractivity contribution in [2.75, 3.05) is 11.9 Å². The molecule has 0 aliphatic rings. The number of anilines is 1. The summed E-state index contributed by atoms with van der Waals surface area (Å²) in [6, 6.07) is 6.74. The first-order valence-electron chi connectivity index (χ1n) is 9.62. The van der Waals surface area contributed by atoms with E-state index in [2.05, 4.69) is 12.2 Å². The van der Waals surface area contributed by atoms with Crippen molar-refractivity contribution in [2.24, 2.45) is 0 Å². The average Bonchev–Trinajstić information content (AvgIpc) is 2.59. The molecule has 2 N–H and O–H groups in total. The van der Waals surface area contributed by atoms with Gasteiger partial charge in [-0.25, -0.2) is 4.79 Å². The minimum atomic E-state index is -0.964. The van der Waals surface area contributed by atoms with Gasteiger partial charge < -0.3 is 14.8 Å². The topological polar surface area (TPSA) is 79.5 Å². The molecule has 2 rings (SSSR count). The number of aliphatic carboxylic acids is 1. The molecular formula is C21H29NO4. The number of unbranched alkanes of at least 4 members (excludes halogenated alkanes) is 7. The zero-order valence-electron chi connectivity index (χ0n) is 15.6. The van der Waals surface area contributed by atoms with E-state index in [9.17, 15) is 9.59 Å². The van der Waals surface area contributed by atoms with Crippen LogP contribution in [-0.2, 0) is 11.2 Å². The third kappa shape index (κ3) is 6.54.